The molecule has 2 aromatic carbocycles. The van der Waals surface area contributed by atoms with Gasteiger partial charge < -0.3 is 23.7 Å². The molecule has 0 saturated heterocycles. The van der Waals surface area contributed by atoms with Gasteiger partial charge in [0.2, 0.25) is 0 Å². The first-order valence-corrected chi connectivity index (χ1v) is 10.4. The number of hydrogen-bond acceptors (Lipinski definition) is 11. The van der Waals surface area contributed by atoms with Crippen LogP contribution in [0.4, 0.5) is 21.0 Å². The standard InChI is InChI=1S/C20H18Cl2N2O11/c1-11(9-32-19(25)34-17-5-3-13(23(27)28)7-15(17)21)31-10-12(2)33-20(26)35-18-6-4-14(24(29)30)8-16(18)22/h3-8,11-12H,9-10H2,1-2H3. The quantitative estimate of drug-likeness (QED) is 0.167. The number of ether oxygens (including phenoxy) is 5. The molecule has 0 fully saturated rings. The molecule has 35 heavy (non-hydrogen) atoms. The van der Waals surface area contributed by atoms with Crippen LogP contribution >= 0.6 is 23.2 Å². The first-order valence-electron chi connectivity index (χ1n) is 9.68. The number of nitro benzene ring substituents is 2. The van der Waals surface area contributed by atoms with Crippen molar-refractivity contribution in [1.82, 2.24) is 0 Å². The number of non-ortho nitro benzene ring substituents is 2. The second kappa shape index (κ2) is 12.7. The number of halogens is 2. The van der Waals surface area contributed by atoms with Gasteiger partial charge in [0.25, 0.3) is 11.4 Å². The van der Waals surface area contributed by atoms with Gasteiger partial charge in [-0.2, -0.15) is 0 Å². The van der Waals surface area contributed by atoms with Crippen molar-refractivity contribution in [3.05, 3.63) is 66.7 Å². The number of benzene rings is 2. The smallest absolute Gasteiger partial charge is 0.431 e. The van der Waals surface area contributed by atoms with Gasteiger partial charge in [0, 0.05) is 24.3 Å². The van der Waals surface area contributed by atoms with Gasteiger partial charge in [0.1, 0.15) is 12.7 Å². The lowest BCUT2D eigenvalue weighted by molar-refractivity contribution is -0.385. The summed E-state index contributed by atoms with van der Waals surface area (Å²) in [6, 6.07) is 6.59. The summed E-state index contributed by atoms with van der Waals surface area (Å²) in [4.78, 5) is 43.8. The number of rotatable bonds is 10. The van der Waals surface area contributed by atoms with Crippen LogP contribution in [0.25, 0.3) is 0 Å². The van der Waals surface area contributed by atoms with Crippen LogP contribution in [0, 0.1) is 20.2 Å². The molecule has 0 N–H and O–H groups in total. The molecule has 0 aliphatic carbocycles. The van der Waals surface area contributed by atoms with Crippen molar-refractivity contribution in [2.24, 2.45) is 0 Å². The van der Waals surface area contributed by atoms with Gasteiger partial charge in [-0.3, -0.25) is 20.2 Å². The van der Waals surface area contributed by atoms with Crippen molar-refractivity contribution in [1.29, 1.82) is 0 Å². The molecular formula is C20H18Cl2N2O11. The Kier molecular flexibility index (Phi) is 9.99. The predicted molar refractivity (Wildman–Crippen MR) is 120 cm³/mol. The van der Waals surface area contributed by atoms with Gasteiger partial charge in [-0.15, -0.1) is 0 Å². The van der Waals surface area contributed by atoms with Crippen molar-refractivity contribution < 1.29 is 43.1 Å². The van der Waals surface area contributed by atoms with Crippen molar-refractivity contribution in [2.45, 2.75) is 26.1 Å². The fourth-order valence-corrected chi connectivity index (χ4v) is 2.76. The van der Waals surface area contributed by atoms with Gasteiger partial charge >= 0.3 is 12.3 Å². The second-order valence-electron chi connectivity index (χ2n) is 6.83. The third kappa shape index (κ3) is 8.88. The largest absolute Gasteiger partial charge is 0.514 e. The van der Waals surface area contributed by atoms with E-state index in [0.29, 0.717) is 0 Å². The highest BCUT2D eigenvalue weighted by molar-refractivity contribution is 6.32. The molecule has 2 unspecified atom stereocenters. The maximum absolute atomic E-state index is 11.9. The maximum atomic E-state index is 11.9. The summed E-state index contributed by atoms with van der Waals surface area (Å²) in [6.45, 7) is 2.78. The van der Waals surface area contributed by atoms with E-state index < -0.39 is 34.4 Å². The first-order chi connectivity index (χ1) is 16.5. The van der Waals surface area contributed by atoms with E-state index in [2.05, 4.69) is 0 Å². The summed E-state index contributed by atoms with van der Waals surface area (Å²) in [7, 11) is 0. The number of carbonyl (C=O) groups excluding carboxylic acids is 2. The van der Waals surface area contributed by atoms with E-state index in [0.717, 1.165) is 36.4 Å². The van der Waals surface area contributed by atoms with E-state index in [1.54, 1.807) is 6.92 Å². The topological polar surface area (TPSA) is 167 Å². The third-order valence-corrected chi connectivity index (χ3v) is 4.58. The van der Waals surface area contributed by atoms with Gasteiger partial charge in [0.05, 0.1) is 32.6 Å². The zero-order chi connectivity index (χ0) is 26.1. The zero-order valence-corrected chi connectivity index (χ0v) is 19.7. The monoisotopic (exact) mass is 532 g/mol. The Bertz CT molecular complexity index is 1110. The normalized spacial score (nSPS) is 12.2. The average molecular weight is 533 g/mol. The molecule has 2 aromatic rings. The third-order valence-electron chi connectivity index (χ3n) is 3.99. The van der Waals surface area contributed by atoms with Crippen molar-refractivity contribution in [3.63, 3.8) is 0 Å². The molecule has 0 spiro atoms. The van der Waals surface area contributed by atoms with Crippen molar-refractivity contribution in [2.75, 3.05) is 13.2 Å². The molecule has 0 bridgehead atoms. The Morgan fingerprint density at radius 2 is 1.31 bits per heavy atom. The Hall–Kier alpha value is -3.68. The molecule has 0 heterocycles. The van der Waals surface area contributed by atoms with Crippen LogP contribution in [0.2, 0.25) is 10.0 Å². The fourth-order valence-electron chi connectivity index (χ4n) is 2.34. The molecule has 0 radical (unpaired) electrons. The van der Waals surface area contributed by atoms with Gasteiger partial charge in [-0.25, -0.2) is 9.59 Å². The molecule has 15 heteroatoms. The van der Waals surface area contributed by atoms with Gasteiger partial charge in [-0.1, -0.05) is 23.2 Å². The minimum absolute atomic E-state index is 0.0865. The SMILES string of the molecule is CC(COC(=O)Oc1ccc([N+](=O)[O-])cc1Cl)OCC(C)OC(=O)Oc1ccc([N+](=O)[O-])cc1Cl. The molecule has 0 aliphatic heterocycles. The van der Waals surface area contributed by atoms with Crippen LogP contribution < -0.4 is 9.47 Å². The van der Waals surface area contributed by atoms with Crippen molar-refractivity contribution >= 4 is 46.9 Å². The van der Waals surface area contributed by atoms with E-state index in [4.69, 9.17) is 46.9 Å². The van der Waals surface area contributed by atoms with Crippen LogP contribution in [-0.4, -0.2) is 47.6 Å². The minimum atomic E-state index is -1.11. The Morgan fingerprint density at radius 1 is 0.829 bits per heavy atom. The number of hydrogen-bond donors (Lipinski definition) is 0. The number of nitro groups is 2. The lowest BCUT2D eigenvalue weighted by Crippen LogP contribution is -2.27. The number of carbonyl (C=O) groups is 2. The van der Waals surface area contributed by atoms with E-state index in [9.17, 15) is 29.8 Å². The summed E-state index contributed by atoms with van der Waals surface area (Å²) < 4.78 is 25.1. The van der Waals surface area contributed by atoms with Crippen LogP contribution in [0.15, 0.2) is 36.4 Å². The highest BCUT2D eigenvalue weighted by atomic mass is 35.5. The van der Waals surface area contributed by atoms with Crippen molar-refractivity contribution in [3.8, 4) is 11.5 Å². The van der Waals surface area contributed by atoms with Crippen LogP contribution in [0.3, 0.4) is 0 Å². The minimum Gasteiger partial charge on any atom is -0.431 e. The lowest BCUT2D eigenvalue weighted by atomic mass is 10.3. The predicted octanol–water partition coefficient (Wildman–Crippen LogP) is 5.33. The molecule has 188 valence electrons. The summed E-state index contributed by atoms with van der Waals surface area (Å²) in [6.07, 6.45) is -3.61. The molecule has 2 rings (SSSR count). The van der Waals surface area contributed by atoms with E-state index >= 15 is 0 Å². The fraction of sp³-hybridized carbons (Fsp3) is 0.300. The zero-order valence-electron chi connectivity index (χ0n) is 18.2. The number of nitrogens with zero attached hydrogens (tertiary/aromatic N) is 2. The van der Waals surface area contributed by atoms with Crippen LogP contribution in [0.1, 0.15) is 13.8 Å². The van der Waals surface area contributed by atoms with E-state index in [1.165, 1.54) is 6.92 Å². The summed E-state index contributed by atoms with van der Waals surface area (Å²) in [5, 5.41) is 21.1. The summed E-state index contributed by atoms with van der Waals surface area (Å²) >= 11 is 11.7. The molecule has 0 aliphatic rings. The summed E-state index contributed by atoms with van der Waals surface area (Å²) in [5.41, 5.74) is -0.540. The van der Waals surface area contributed by atoms with Gasteiger partial charge in [0.15, 0.2) is 11.5 Å². The molecule has 13 nitrogen and oxygen atoms in total. The molecule has 2 atom stereocenters. The lowest BCUT2D eigenvalue weighted by Gasteiger charge is -2.17. The Balaban J connectivity index is 1.72. The van der Waals surface area contributed by atoms with E-state index in [1.807, 2.05) is 0 Å². The van der Waals surface area contributed by atoms with Crippen LogP contribution in [-0.2, 0) is 14.2 Å². The Labute approximate surface area is 207 Å². The summed E-state index contributed by atoms with van der Waals surface area (Å²) in [5.74, 6) is -0.242. The maximum Gasteiger partial charge on any atom is 0.514 e. The molecule has 0 saturated carbocycles. The van der Waals surface area contributed by atoms with Crippen LogP contribution in [0.5, 0.6) is 11.5 Å². The van der Waals surface area contributed by atoms with E-state index in [-0.39, 0.29) is 46.1 Å². The molecule has 0 amide bonds. The molecule has 0 aromatic heterocycles. The first kappa shape index (κ1) is 27.6. The second-order valence-corrected chi connectivity index (χ2v) is 7.65. The molecular weight excluding hydrogens is 515 g/mol. The van der Waals surface area contributed by atoms with Gasteiger partial charge in [-0.05, 0) is 26.0 Å². The highest BCUT2D eigenvalue weighted by Crippen LogP contribution is 2.30. The Morgan fingerprint density at radius 3 is 1.77 bits per heavy atom. The average Bonchev–Trinajstić information content (AvgIpc) is 2.78. The highest BCUT2D eigenvalue weighted by Gasteiger charge is 2.19.